The molecular weight excluding hydrogens is 132 g/mol. The summed E-state index contributed by atoms with van der Waals surface area (Å²) in [5.74, 6) is 0. The molecule has 0 unspecified atom stereocenters. The highest BCUT2D eigenvalue weighted by atomic mass is 35.5. The first-order chi connectivity index (χ1) is 4.43. The first kappa shape index (κ1) is 6.28. The Bertz CT molecular complexity index is 189. The molecule has 44 valence electrons. The maximum Gasteiger partial charge on any atom is 0.189 e. The summed E-state index contributed by atoms with van der Waals surface area (Å²) < 4.78 is 0. The van der Waals surface area contributed by atoms with Crippen LogP contribution in [0.15, 0.2) is 35.9 Å². The van der Waals surface area contributed by atoms with Crippen LogP contribution in [-0.4, -0.2) is 0 Å². The highest BCUT2D eigenvalue weighted by molar-refractivity contribution is 6.25. The molecule has 0 aliphatic heterocycles. The lowest BCUT2D eigenvalue weighted by molar-refractivity contribution is 1.58. The number of benzene rings is 1. The van der Waals surface area contributed by atoms with Crippen molar-refractivity contribution in [2.24, 2.45) is 0 Å². The van der Waals surface area contributed by atoms with Crippen LogP contribution in [0, 0.1) is 6.08 Å². The lowest BCUT2D eigenvalue weighted by Gasteiger charge is -1.74. The van der Waals surface area contributed by atoms with Crippen molar-refractivity contribution in [1.82, 2.24) is 0 Å². The normalized spacial score (nSPS) is 9.44. The fourth-order valence-corrected chi connectivity index (χ4v) is 0.723. The molecule has 0 aliphatic rings. The van der Waals surface area contributed by atoms with Crippen molar-refractivity contribution in [3.05, 3.63) is 47.5 Å². The van der Waals surface area contributed by atoms with Gasteiger partial charge in [-0.3, -0.25) is 0 Å². The zero-order valence-corrected chi connectivity index (χ0v) is 5.60. The molecule has 0 atom stereocenters. The molecule has 1 heteroatoms. The third-order valence-corrected chi connectivity index (χ3v) is 1.10. The minimum atomic E-state index is 1.01. The molecule has 0 N–H and O–H groups in total. The van der Waals surface area contributed by atoms with Gasteiger partial charge in [-0.15, -0.1) is 0 Å². The topological polar surface area (TPSA) is 0 Å². The maximum absolute atomic E-state index is 5.30. The second-order valence-corrected chi connectivity index (χ2v) is 1.84. The fourth-order valence-electron chi connectivity index (χ4n) is 0.597. The highest BCUT2D eigenvalue weighted by Gasteiger charge is 1.91. The van der Waals surface area contributed by atoms with Gasteiger partial charge in [-0.25, -0.2) is 0 Å². The van der Waals surface area contributed by atoms with Gasteiger partial charge in [0.05, 0.1) is 18.2 Å². The second-order valence-electron chi connectivity index (χ2n) is 1.62. The van der Waals surface area contributed by atoms with E-state index in [0.717, 1.165) is 5.56 Å². The van der Waals surface area contributed by atoms with Crippen molar-refractivity contribution in [1.29, 1.82) is 0 Å². The number of halogens is 1. The molecule has 0 fully saturated rings. The Kier molecular flexibility index (Phi) is 2.26. The number of hydrogen-bond acceptors (Lipinski definition) is 0. The van der Waals surface area contributed by atoms with E-state index in [1.54, 1.807) is 0 Å². The second kappa shape index (κ2) is 3.24. The van der Waals surface area contributed by atoms with Crippen molar-refractivity contribution >= 4 is 11.6 Å². The van der Waals surface area contributed by atoms with E-state index in [2.05, 4.69) is 6.08 Å². The molecule has 0 amide bonds. The van der Waals surface area contributed by atoms with E-state index >= 15 is 0 Å². The van der Waals surface area contributed by atoms with Crippen LogP contribution in [0.25, 0.3) is 0 Å². The van der Waals surface area contributed by atoms with Gasteiger partial charge in [0, 0.05) is 0 Å². The summed E-state index contributed by atoms with van der Waals surface area (Å²) in [7, 11) is 0. The van der Waals surface area contributed by atoms with Crippen LogP contribution < -0.4 is 0 Å². The molecule has 0 nitrogen and oxygen atoms in total. The van der Waals surface area contributed by atoms with Crippen LogP contribution in [0.1, 0.15) is 5.56 Å². The van der Waals surface area contributed by atoms with Gasteiger partial charge in [0.1, 0.15) is 5.54 Å². The lowest BCUT2D eigenvalue weighted by atomic mass is 10.2. The lowest BCUT2D eigenvalue weighted by Crippen LogP contribution is -1.67. The smallest absolute Gasteiger partial charge is 0.0665 e. The zero-order chi connectivity index (χ0) is 6.53. The molecule has 0 heterocycles. The van der Waals surface area contributed by atoms with Gasteiger partial charge in [-0.1, -0.05) is 11.6 Å². The molecule has 0 radical (unpaired) electrons. The van der Waals surface area contributed by atoms with Gasteiger partial charge >= 0.3 is 0 Å². The first-order valence-corrected chi connectivity index (χ1v) is 3.10. The molecule has 0 aromatic heterocycles. The summed E-state index contributed by atoms with van der Waals surface area (Å²) in [6.45, 7) is 0. The summed E-state index contributed by atoms with van der Waals surface area (Å²) in [5.41, 5.74) is 2.39. The van der Waals surface area contributed by atoms with E-state index in [9.17, 15) is 0 Å². The minimum absolute atomic E-state index is 1.01. The molecule has 0 bridgehead atoms. The van der Waals surface area contributed by atoms with Gasteiger partial charge in [-0.05, 0) is 18.2 Å². The monoisotopic (exact) mass is 137 g/mol. The van der Waals surface area contributed by atoms with Crippen molar-refractivity contribution in [2.45, 2.75) is 0 Å². The van der Waals surface area contributed by atoms with Crippen LogP contribution >= 0.6 is 11.6 Å². The molecular formula is C8H6Cl+. The van der Waals surface area contributed by atoms with E-state index < -0.39 is 0 Å². The fraction of sp³-hybridized carbons (Fsp3) is 0. The van der Waals surface area contributed by atoms with Crippen molar-refractivity contribution in [3.63, 3.8) is 0 Å². The SMILES string of the molecule is ClC=[C+]c1ccccc1. The Balaban J connectivity index is 2.85. The molecule has 0 spiro atoms. The summed E-state index contributed by atoms with van der Waals surface area (Å²) in [6.07, 6.45) is 2.85. The molecule has 1 aromatic carbocycles. The predicted octanol–water partition coefficient (Wildman–Crippen LogP) is 2.59. The molecule has 9 heavy (non-hydrogen) atoms. The van der Waals surface area contributed by atoms with E-state index in [1.165, 1.54) is 5.54 Å². The Morgan fingerprint density at radius 2 is 1.89 bits per heavy atom. The van der Waals surface area contributed by atoms with E-state index in [-0.39, 0.29) is 0 Å². The van der Waals surface area contributed by atoms with Crippen LogP contribution in [0.4, 0.5) is 0 Å². The van der Waals surface area contributed by atoms with Crippen molar-refractivity contribution in [2.75, 3.05) is 0 Å². The number of hydrogen-bond donors (Lipinski definition) is 0. The van der Waals surface area contributed by atoms with Crippen LogP contribution in [0.2, 0.25) is 0 Å². The molecule has 0 saturated carbocycles. The first-order valence-electron chi connectivity index (χ1n) is 2.67. The van der Waals surface area contributed by atoms with Crippen LogP contribution in [0.3, 0.4) is 0 Å². The molecule has 1 aromatic rings. The Hall–Kier alpha value is -0.840. The quantitative estimate of drug-likeness (QED) is 0.522. The summed E-state index contributed by atoms with van der Waals surface area (Å²) in [4.78, 5) is 0. The van der Waals surface area contributed by atoms with Gasteiger partial charge in [-0.2, -0.15) is 0 Å². The van der Waals surface area contributed by atoms with E-state index in [0.29, 0.717) is 0 Å². The highest BCUT2D eigenvalue weighted by Crippen LogP contribution is 1.97. The molecule has 0 aliphatic carbocycles. The average Bonchev–Trinajstić information content (AvgIpc) is 1.91. The largest absolute Gasteiger partial charge is 0.189 e. The Morgan fingerprint density at radius 1 is 1.22 bits per heavy atom. The van der Waals surface area contributed by atoms with Gasteiger partial charge in [0.25, 0.3) is 0 Å². The Labute approximate surface area is 59.8 Å². The summed E-state index contributed by atoms with van der Waals surface area (Å²) in [5, 5.41) is 0. The minimum Gasteiger partial charge on any atom is -0.0665 e. The maximum atomic E-state index is 5.30. The van der Waals surface area contributed by atoms with Gasteiger partial charge in [0.2, 0.25) is 0 Å². The third kappa shape index (κ3) is 1.85. The van der Waals surface area contributed by atoms with Crippen LogP contribution in [0.5, 0.6) is 0 Å². The van der Waals surface area contributed by atoms with E-state index in [4.69, 9.17) is 11.6 Å². The standard InChI is InChI=1S/C8H6Cl/c9-7-6-8-4-2-1-3-5-8/h1-5,7H/q+1. The van der Waals surface area contributed by atoms with Crippen LogP contribution in [-0.2, 0) is 0 Å². The zero-order valence-electron chi connectivity index (χ0n) is 4.84. The third-order valence-electron chi connectivity index (χ3n) is 0.995. The predicted molar refractivity (Wildman–Crippen MR) is 39.2 cm³/mol. The van der Waals surface area contributed by atoms with E-state index in [1.807, 2.05) is 30.3 Å². The summed E-state index contributed by atoms with van der Waals surface area (Å²) in [6, 6.07) is 9.74. The Morgan fingerprint density at radius 3 is 2.44 bits per heavy atom. The van der Waals surface area contributed by atoms with Gasteiger partial charge < -0.3 is 0 Å². The number of rotatable bonds is 1. The van der Waals surface area contributed by atoms with Crippen molar-refractivity contribution < 1.29 is 0 Å². The summed E-state index contributed by atoms with van der Waals surface area (Å²) >= 11 is 5.30. The van der Waals surface area contributed by atoms with Crippen molar-refractivity contribution in [3.8, 4) is 0 Å². The molecule has 1 rings (SSSR count). The van der Waals surface area contributed by atoms with Gasteiger partial charge in [0.15, 0.2) is 5.56 Å². The average molecular weight is 138 g/mol. The molecule has 0 saturated heterocycles.